The van der Waals surface area contributed by atoms with Crippen molar-refractivity contribution in [2.45, 2.75) is 45.2 Å². The molecule has 0 aliphatic carbocycles. The molecule has 0 atom stereocenters. The molecule has 128 valence electrons. The highest BCUT2D eigenvalue weighted by Crippen LogP contribution is 2.25. The van der Waals surface area contributed by atoms with E-state index in [4.69, 9.17) is 14.8 Å². The van der Waals surface area contributed by atoms with Crippen LogP contribution in [0.5, 0.6) is 0 Å². The maximum Gasteiger partial charge on any atom is 0.154 e. The predicted molar refractivity (Wildman–Crippen MR) is 93.0 cm³/mol. The lowest BCUT2D eigenvalue weighted by atomic mass is 10.00. The van der Waals surface area contributed by atoms with Crippen LogP contribution in [0.3, 0.4) is 0 Å². The third kappa shape index (κ3) is 3.37. The van der Waals surface area contributed by atoms with Gasteiger partial charge in [0.05, 0.1) is 6.54 Å². The van der Waals surface area contributed by atoms with Gasteiger partial charge < -0.3 is 4.74 Å². The van der Waals surface area contributed by atoms with Gasteiger partial charge in [-0.25, -0.2) is 9.67 Å². The van der Waals surface area contributed by atoms with Gasteiger partial charge in [-0.15, -0.1) is 0 Å². The molecule has 0 unspecified atom stereocenters. The fourth-order valence-corrected chi connectivity index (χ4v) is 3.68. The van der Waals surface area contributed by atoms with Crippen molar-refractivity contribution in [3.63, 3.8) is 0 Å². The molecule has 0 amide bonds. The van der Waals surface area contributed by atoms with Gasteiger partial charge >= 0.3 is 0 Å². The largest absolute Gasteiger partial charge is 0.381 e. The topological polar surface area (TPSA) is 43.2 Å². The van der Waals surface area contributed by atoms with Gasteiger partial charge in [-0.2, -0.15) is 5.10 Å². The van der Waals surface area contributed by atoms with Gasteiger partial charge in [0, 0.05) is 45.2 Å². The molecule has 1 aromatic heterocycles. The summed E-state index contributed by atoms with van der Waals surface area (Å²) in [5, 5.41) is 4.82. The molecule has 0 saturated carbocycles. The Morgan fingerprint density at radius 3 is 2.79 bits per heavy atom. The number of ether oxygens (including phenoxy) is 1. The lowest BCUT2D eigenvalue weighted by Gasteiger charge is -2.21. The zero-order valence-corrected chi connectivity index (χ0v) is 14.4. The molecule has 24 heavy (non-hydrogen) atoms. The Hall–Kier alpha value is -1.72. The van der Waals surface area contributed by atoms with E-state index in [1.165, 1.54) is 11.1 Å². The van der Waals surface area contributed by atoms with E-state index in [1.807, 2.05) is 0 Å². The van der Waals surface area contributed by atoms with E-state index in [0.29, 0.717) is 5.92 Å². The van der Waals surface area contributed by atoms with Crippen LogP contribution in [0, 0.1) is 6.92 Å². The molecule has 5 heteroatoms. The van der Waals surface area contributed by atoms with Crippen LogP contribution in [0.25, 0.3) is 0 Å². The highest BCUT2D eigenvalue weighted by Gasteiger charge is 2.23. The molecule has 0 N–H and O–H groups in total. The first-order valence-electron chi connectivity index (χ1n) is 9.08. The molecule has 4 rings (SSSR count). The van der Waals surface area contributed by atoms with Crippen LogP contribution in [-0.2, 0) is 24.2 Å². The summed E-state index contributed by atoms with van der Waals surface area (Å²) in [4.78, 5) is 7.38. The van der Waals surface area contributed by atoms with E-state index in [2.05, 4.69) is 40.8 Å². The van der Waals surface area contributed by atoms with Gasteiger partial charge in [0.15, 0.2) is 5.82 Å². The molecule has 1 saturated heterocycles. The van der Waals surface area contributed by atoms with Crippen molar-refractivity contribution in [3.8, 4) is 0 Å². The second-order valence-corrected chi connectivity index (χ2v) is 6.95. The Morgan fingerprint density at radius 1 is 1.12 bits per heavy atom. The maximum absolute atomic E-state index is 5.45. The Bertz CT molecular complexity index is 665. The lowest BCUT2D eigenvalue weighted by molar-refractivity contribution is 0.0835. The van der Waals surface area contributed by atoms with Crippen molar-refractivity contribution in [3.05, 3.63) is 47.0 Å². The van der Waals surface area contributed by atoms with E-state index >= 15 is 0 Å². The average molecular weight is 326 g/mol. The highest BCUT2D eigenvalue weighted by molar-refractivity contribution is 5.25. The van der Waals surface area contributed by atoms with Crippen LogP contribution in [0.15, 0.2) is 24.3 Å². The predicted octanol–water partition coefficient (Wildman–Crippen LogP) is 2.54. The van der Waals surface area contributed by atoms with Crippen LogP contribution in [0.4, 0.5) is 0 Å². The summed E-state index contributed by atoms with van der Waals surface area (Å²) in [5.74, 6) is 2.69. The van der Waals surface area contributed by atoms with E-state index in [1.54, 1.807) is 0 Å². The fourth-order valence-electron chi connectivity index (χ4n) is 3.68. The van der Waals surface area contributed by atoms with Gasteiger partial charge in [-0.05, 0) is 30.9 Å². The van der Waals surface area contributed by atoms with Gasteiger partial charge in [-0.3, -0.25) is 4.90 Å². The summed E-state index contributed by atoms with van der Waals surface area (Å²) in [6, 6.07) is 8.67. The number of aryl methyl sites for hydroxylation is 1. The van der Waals surface area contributed by atoms with Crippen LogP contribution < -0.4 is 0 Å². The van der Waals surface area contributed by atoms with Crippen LogP contribution in [-0.4, -0.2) is 46.0 Å². The number of benzene rings is 1. The molecule has 3 heterocycles. The molecular formula is C19H26N4O. The summed E-state index contributed by atoms with van der Waals surface area (Å²) in [5.41, 5.74) is 2.80. The SMILES string of the molecule is Cc1ccccc1CN1CCc2nc(C3CCOCC3)nn2CC1. The number of rotatable bonds is 3. The van der Waals surface area contributed by atoms with Crippen molar-refractivity contribution in [2.24, 2.45) is 0 Å². The molecular weight excluding hydrogens is 300 g/mol. The summed E-state index contributed by atoms with van der Waals surface area (Å²) in [6.45, 7) is 7.94. The number of nitrogens with zero attached hydrogens (tertiary/aromatic N) is 4. The zero-order valence-electron chi connectivity index (χ0n) is 14.4. The molecule has 1 fully saturated rings. The zero-order chi connectivity index (χ0) is 16.4. The molecule has 0 radical (unpaired) electrons. The third-order valence-corrected chi connectivity index (χ3v) is 5.29. The van der Waals surface area contributed by atoms with E-state index in [9.17, 15) is 0 Å². The maximum atomic E-state index is 5.45. The molecule has 0 bridgehead atoms. The molecule has 2 aromatic rings. The second kappa shape index (κ2) is 7.03. The highest BCUT2D eigenvalue weighted by atomic mass is 16.5. The third-order valence-electron chi connectivity index (χ3n) is 5.29. The van der Waals surface area contributed by atoms with E-state index < -0.39 is 0 Å². The molecule has 1 aromatic carbocycles. The normalized spacial score (nSPS) is 19.9. The first kappa shape index (κ1) is 15.8. The van der Waals surface area contributed by atoms with E-state index in [0.717, 1.165) is 70.3 Å². The minimum atomic E-state index is 0.487. The van der Waals surface area contributed by atoms with Gasteiger partial charge in [0.25, 0.3) is 0 Å². The average Bonchev–Trinajstić information content (AvgIpc) is 2.94. The van der Waals surface area contributed by atoms with Crippen molar-refractivity contribution < 1.29 is 4.74 Å². The van der Waals surface area contributed by atoms with Crippen molar-refractivity contribution >= 4 is 0 Å². The minimum absolute atomic E-state index is 0.487. The first-order valence-corrected chi connectivity index (χ1v) is 9.08. The molecule has 2 aliphatic rings. The van der Waals surface area contributed by atoms with Crippen molar-refractivity contribution in [1.29, 1.82) is 0 Å². The fraction of sp³-hybridized carbons (Fsp3) is 0.579. The van der Waals surface area contributed by atoms with Crippen molar-refractivity contribution in [2.75, 3.05) is 26.3 Å². The van der Waals surface area contributed by atoms with E-state index in [-0.39, 0.29) is 0 Å². The van der Waals surface area contributed by atoms with Gasteiger partial charge in [-0.1, -0.05) is 24.3 Å². The second-order valence-electron chi connectivity index (χ2n) is 6.95. The first-order chi connectivity index (χ1) is 11.8. The Balaban J connectivity index is 1.41. The van der Waals surface area contributed by atoms with Crippen LogP contribution in [0.2, 0.25) is 0 Å². The van der Waals surface area contributed by atoms with Crippen molar-refractivity contribution in [1.82, 2.24) is 19.7 Å². The molecule has 2 aliphatic heterocycles. The minimum Gasteiger partial charge on any atom is -0.381 e. The van der Waals surface area contributed by atoms with Crippen LogP contribution >= 0.6 is 0 Å². The Morgan fingerprint density at radius 2 is 1.96 bits per heavy atom. The van der Waals surface area contributed by atoms with Gasteiger partial charge in [0.2, 0.25) is 0 Å². The summed E-state index contributed by atoms with van der Waals surface area (Å²) >= 11 is 0. The van der Waals surface area contributed by atoms with Crippen LogP contribution in [0.1, 0.15) is 41.5 Å². The number of hydrogen-bond donors (Lipinski definition) is 0. The molecule has 5 nitrogen and oxygen atoms in total. The summed E-state index contributed by atoms with van der Waals surface area (Å²) < 4.78 is 7.60. The van der Waals surface area contributed by atoms with Gasteiger partial charge in [0.1, 0.15) is 5.82 Å². The Labute approximate surface area is 143 Å². The Kier molecular flexibility index (Phi) is 4.63. The number of fused-ring (bicyclic) bond motifs is 1. The molecule has 0 spiro atoms. The summed E-state index contributed by atoms with van der Waals surface area (Å²) in [6.07, 6.45) is 3.10. The smallest absolute Gasteiger partial charge is 0.154 e. The lowest BCUT2D eigenvalue weighted by Crippen LogP contribution is -2.27. The monoisotopic (exact) mass is 326 g/mol. The standard InChI is InChI=1S/C19H26N4O/c1-15-4-2-3-5-17(15)14-22-9-6-18-20-19(21-23(18)11-10-22)16-7-12-24-13-8-16/h2-5,16H,6-14H2,1H3. The summed E-state index contributed by atoms with van der Waals surface area (Å²) in [7, 11) is 0. The number of aromatic nitrogens is 3. The number of hydrogen-bond acceptors (Lipinski definition) is 4. The quantitative estimate of drug-likeness (QED) is 0.869.